The number of urea groups is 1. The van der Waals surface area contributed by atoms with Crippen LogP contribution in [-0.4, -0.2) is 65.5 Å². The molecule has 0 radical (unpaired) electrons. The quantitative estimate of drug-likeness (QED) is 0.257. The first-order chi connectivity index (χ1) is 20.9. The van der Waals surface area contributed by atoms with Crippen molar-refractivity contribution in [3.63, 3.8) is 0 Å². The third kappa shape index (κ3) is 7.58. The topological polar surface area (TPSA) is 140 Å². The zero-order valence-corrected chi connectivity index (χ0v) is 23.9. The third-order valence-corrected chi connectivity index (χ3v) is 8.06. The lowest BCUT2D eigenvalue weighted by atomic mass is 9.97. The van der Waals surface area contributed by atoms with E-state index in [1.165, 1.54) is 4.90 Å². The van der Waals surface area contributed by atoms with Gasteiger partial charge in [0.15, 0.2) is 0 Å². The van der Waals surface area contributed by atoms with Crippen LogP contribution in [0.3, 0.4) is 0 Å². The zero-order chi connectivity index (χ0) is 30.2. The van der Waals surface area contributed by atoms with Crippen molar-refractivity contribution in [1.82, 2.24) is 15.5 Å². The zero-order valence-electron chi connectivity index (χ0n) is 23.9. The minimum Gasteiger partial charge on any atom is -0.480 e. The van der Waals surface area contributed by atoms with Gasteiger partial charge in [0.25, 0.3) is 0 Å². The molecule has 2 aliphatic heterocycles. The predicted molar refractivity (Wildman–Crippen MR) is 165 cm³/mol. The Labute approximate surface area is 250 Å². The van der Waals surface area contributed by atoms with Crippen molar-refractivity contribution in [1.29, 1.82) is 0 Å². The van der Waals surface area contributed by atoms with Gasteiger partial charge in [0.2, 0.25) is 11.8 Å². The number of aliphatic carboxylic acids is 1. The van der Waals surface area contributed by atoms with Crippen LogP contribution < -0.4 is 21.3 Å². The smallest absolute Gasteiger partial charge is 0.326 e. The van der Waals surface area contributed by atoms with Gasteiger partial charge in [-0.05, 0) is 68.1 Å². The van der Waals surface area contributed by atoms with Gasteiger partial charge in [-0.15, -0.1) is 0 Å². The molecular weight excluding hydrogens is 546 g/mol. The molecule has 0 spiro atoms. The van der Waals surface area contributed by atoms with Crippen LogP contribution in [0.1, 0.15) is 31.2 Å². The fraction of sp³-hybridized carbons (Fsp3) is 0.333. The molecule has 3 aromatic rings. The number of rotatable bonds is 9. The number of benzene rings is 3. The van der Waals surface area contributed by atoms with Gasteiger partial charge in [0.1, 0.15) is 12.1 Å². The van der Waals surface area contributed by atoms with Gasteiger partial charge >= 0.3 is 12.0 Å². The first-order valence-corrected chi connectivity index (χ1v) is 14.7. The molecule has 2 heterocycles. The molecule has 2 fully saturated rings. The summed E-state index contributed by atoms with van der Waals surface area (Å²) in [7, 11) is 0. The van der Waals surface area contributed by atoms with E-state index in [1.807, 2.05) is 54.6 Å². The number of hydrogen-bond acceptors (Lipinski definition) is 5. The Morgan fingerprint density at radius 3 is 2.26 bits per heavy atom. The molecule has 10 heteroatoms. The van der Waals surface area contributed by atoms with Gasteiger partial charge in [-0.1, -0.05) is 60.7 Å². The van der Waals surface area contributed by atoms with Gasteiger partial charge in [-0.3, -0.25) is 9.59 Å². The van der Waals surface area contributed by atoms with Crippen LogP contribution in [-0.2, 0) is 20.8 Å². The van der Waals surface area contributed by atoms with E-state index in [-0.39, 0.29) is 18.2 Å². The summed E-state index contributed by atoms with van der Waals surface area (Å²) in [4.78, 5) is 52.7. The van der Waals surface area contributed by atoms with Crippen LogP contribution in [0.4, 0.5) is 16.2 Å². The van der Waals surface area contributed by atoms with Crippen LogP contribution >= 0.6 is 0 Å². The Balaban J connectivity index is 1.19. The lowest BCUT2D eigenvalue weighted by molar-refractivity contribution is -0.142. The number of carbonyl (C=O) groups excluding carboxylic acids is 3. The lowest BCUT2D eigenvalue weighted by Crippen LogP contribution is -2.52. The number of para-hydroxylation sites is 1. The van der Waals surface area contributed by atoms with Crippen molar-refractivity contribution in [3.8, 4) is 11.1 Å². The average molecular weight is 584 g/mol. The first-order valence-electron chi connectivity index (χ1n) is 14.7. The second kappa shape index (κ2) is 14.0. The highest BCUT2D eigenvalue weighted by atomic mass is 16.4. The normalized spacial score (nSPS) is 17.6. The maximum Gasteiger partial charge on any atom is 0.326 e. The number of piperidine rings is 1. The number of nitrogens with zero attached hydrogens (tertiary/aromatic N) is 1. The molecule has 2 atom stereocenters. The first kappa shape index (κ1) is 29.8. The average Bonchev–Trinajstić information content (AvgIpc) is 3.53. The number of hydrogen-bond donors (Lipinski definition) is 5. The van der Waals surface area contributed by atoms with E-state index >= 15 is 0 Å². The Hall–Kier alpha value is -4.70. The van der Waals surface area contributed by atoms with Crippen molar-refractivity contribution < 1.29 is 24.3 Å². The predicted octanol–water partition coefficient (Wildman–Crippen LogP) is 4.10. The molecule has 10 nitrogen and oxygen atoms in total. The monoisotopic (exact) mass is 583 g/mol. The molecule has 2 aliphatic rings. The number of amides is 4. The minimum atomic E-state index is -1.17. The summed E-state index contributed by atoms with van der Waals surface area (Å²) >= 11 is 0. The minimum absolute atomic E-state index is 0.0152. The highest BCUT2D eigenvalue weighted by Gasteiger charge is 2.36. The van der Waals surface area contributed by atoms with E-state index < -0.39 is 30.0 Å². The summed E-state index contributed by atoms with van der Waals surface area (Å²) in [6, 6.07) is 21.8. The molecule has 0 bridgehead atoms. The van der Waals surface area contributed by atoms with Crippen LogP contribution in [0.5, 0.6) is 0 Å². The highest BCUT2D eigenvalue weighted by molar-refractivity contribution is 5.98. The van der Waals surface area contributed by atoms with Crippen LogP contribution in [0, 0.1) is 5.92 Å². The number of carboxylic acid groups (broad SMARTS) is 1. The molecule has 0 unspecified atom stereocenters. The van der Waals surface area contributed by atoms with Gasteiger partial charge in [-0.25, -0.2) is 9.59 Å². The number of anilines is 2. The van der Waals surface area contributed by atoms with E-state index in [0.717, 1.165) is 37.1 Å². The molecular formula is C33H37N5O5. The van der Waals surface area contributed by atoms with E-state index in [9.17, 15) is 24.3 Å². The molecule has 0 saturated carbocycles. The molecule has 2 saturated heterocycles. The van der Waals surface area contributed by atoms with E-state index in [0.29, 0.717) is 36.3 Å². The molecule has 3 aromatic carbocycles. The summed E-state index contributed by atoms with van der Waals surface area (Å²) < 4.78 is 0. The van der Waals surface area contributed by atoms with Gasteiger partial charge < -0.3 is 31.3 Å². The molecule has 5 rings (SSSR count). The molecule has 5 N–H and O–H groups in total. The van der Waals surface area contributed by atoms with E-state index in [2.05, 4.69) is 21.3 Å². The largest absolute Gasteiger partial charge is 0.480 e. The Morgan fingerprint density at radius 2 is 1.53 bits per heavy atom. The number of likely N-dealkylation sites (tertiary alicyclic amines) is 1. The molecule has 224 valence electrons. The van der Waals surface area contributed by atoms with Crippen molar-refractivity contribution >= 4 is 35.2 Å². The van der Waals surface area contributed by atoms with Gasteiger partial charge in [-0.2, -0.15) is 0 Å². The maximum absolute atomic E-state index is 13.3. The summed E-state index contributed by atoms with van der Waals surface area (Å²) in [6.07, 6.45) is 2.73. The van der Waals surface area contributed by atoms with Crippen molar-refractivity contribution in [3.05, 3.63) is 84.4 Å². The Morgan fingerprint density at radius 1 is 0.837 bits per heavy atom. The van der Waals surface area contributed by atoms with Crippen molar-refractivity contribution in [2.45, 2.75) is 44.2 Å². The maximum atomic E-state index is 13.3. The van der Waals surface area contributed by atoms with Crippen molar-refractivity contribution in [2.24, 2.45) is 5.92 Å². The van der Waals surface area contributed by atoms with Crippen molar-refractivity contribution in [2.75, 3.05) is 30.3 Å². The Kier molecular flexibility index (Phi) is 9.68. The molecule has 43 heavy (non-hydrogen) atoms. The fourth-order valence-electron chi connectivity index (χ4n) is 5.69. The summed E-state index contributed by atoms with van der Waals surface area (Å²) in [5.74, 6) is -1.70. The summed E-state index contributed by atoms with van der Waals surface area (Å²) in [5.41, 5.74) is 3.79. The van der Waals surface area contributed by atoms with Crippen LogP contribution in [0.2, 0.25) is 0 Å². The third-order valence-electron chi connectivity index (χ3n) is 8.06. The summed E-state index contributed by atoms with van der Waals surface area (Å²) in [5, 5.41) is 21.7. The van der Waals surface area contributed by atoms with E-state index in [1.54, 1.807) is 24.3 Å². The van der Waals surface area contributed by atoms with Gasteiger partial charge in [0, 0.05) is 30.1 Å². The molecule has 4 amide bonds. The van der Waals surface area contributed by atoms with E-state index in [4.69, 9.17) is 0 Å². The second-order valence-electron chi connectivity index (χ2n) is 11.0. The fourth-order valence-corrected chi connectivity index (χ4v) is 5.69. The van der Waals surface area contributed by atoms with Crippen LogP contribution in [0.15, 0.2) is 78.9 Å². The number of carboxylic acids is 1. The van der Waals surface area contributed by atoms with Crippen LogP contribution in [0.25, 0.3) is 11.1 Å². The SMILES string of the molecule is O=C(Nc1ccc(C[C@H](NC(=O)[C@@H]2CCCN2C(=O)Nc2ccccc2-c2ccccc2)C(=O)O)cc1)C1CCNCC1. The molecule has 0 aliphatic carbocycles. The summed E-state index contributed by atoms with van der Waals surface area (Å²) in [6.45, 7) is 2.04. The highest BCUT2D eigenvalue weighted by Crippen LogP contribution is 2.29. The van der Waals surface area contributed by atoms with Gasteiger partial charge in [0.05, 0.1) is 5.69 Å². The Bertz CT molecular complexity index is 1440. The standard InChI is InChI=1S/C33H37N5O5/c39-30(24-16-18-34-19-17-24)35-25-14-12-22(13-15-25)21-28(32(41)42)36-31(40)29-11-6-20-38(29)33(43)37-27-10-5-4-9-26(27)23-7-2-1-3-8-23/h1-5,7-10,12-15,24,28-29,34H,6,11,16-21H2,(H,35,39)(H,36,40)(H,37,43)(H,41,42)/t28-,29-/m0/s1. The second-order valence-corrected chi connectivity index (χ2v) is 11.0. The lowest BCUT2D eigenvalue weighted by Gasteiger charge is -2.26. The number of nitrogens with one attached hydrogen (secondary N) is 4. The number of carbonyl (C=O) groups is 4. The molecule has 0 aromatic heterocycles.